The van der Waals surface area contributed by atoms with E-state index in [1.165, 1.54) is 0 Å². The lowest BCUT2D eigenvalue weighted by atomic mass is 10.4. The normalized spacial score (nSPS) is 11.2. The van der Waals surface area contributed by atoms with E-state index in [2.05, 4.69) is 4.90 Å². The fourth-order valence-corrected chi connectivity index (χ4v) is 1.30. The van der Waals surface area contributed by atoms with Crippen LogP contribution in [0.15, 0.2) is 0 Å². The first kappa shape index (κ1) is 15.8. The van der Waals surface area contributed by atoms with Crippen LogP contribution in [0.1, 0.15) is 0 Å². The predicted octanol–water partition coefficient (Wildman–Crippen LogP) is -1.80. The quantitative estimate of drug-likeness (QED) is 0.344. The zero-order chi connectivity index (χ0) is 12.1. The second-order valence-electron chi connectivity index (χ2n) is 3.43. The molecule has 0 amide bonds. The maximum atomic E-state index is 5.49. The molecule has 0 heterocycles. The summed E-state index contributed by atoms with van der Waals surface area (Å²) in [6.45, 7) is 6.95. The van der Waals surface area contributed by atoms with Crippen LogP contribution in [0.25, 0.3) is 0 Å². The van der Waals surface area contributed by atoms with Gasteiger partial charge in [0.25, 0.3) is 0 Å². The first-order valence-electron chi connectivity index (χ1n) is 5.83. The summed E-state index contributed by atoms with van der Waals surface area (Å²) < 4.78 is 10.6. The minimum absolute atomic E-state index is 0.556. The van der Waals surface area contributed by atoms with Crippen molar-refractivity contribution < 1.29 is 9.47 Å². The van der Waals surface area contributed by atoms with Crippen LogP contribution >= 0.6 is 0 Å². The fraction of sp³-hybridized carbons (Fsp3) is 1.00. The van der Waals surface area contributed by atoms with E-state index in [0.717, 1.165) is 19.6 Å². The van der Waals surface area contributed by atoms with E-state index in [4.69, 9.17) is 26.7 Å². The molecule has 0 aromatic carbocycles. The molecule has 6 heteroatoms. The van der Waals surface area contributed by atoms with Gasteiger partial charge >= 0.3 is 0 Å². The zero-order valence-electron chi connectivity index (χ0n) is 10.1. The Kier molecular flexibility index (Phi) is 12.6. The highest BCUT2D eigenvalue weighted by Gasteiger charge is 2.01. The maximum absolute atomic E-state index is 5.49. The van der Waals surface area contributed by atoms with Crippen LogP contribution in [0.5, 0.6) is 0 Å². The summed E-state index contributed by atoms with van der Waals surface area (Å²) in [4.78, 5) is 2.20. The number of rotatable bonds is 12. The Morgan fingerprint density at radius 2 is 1.19 bits per heavy atom. The van der Waals surface area contributed by atoms with E-state index in [1.807, 2.05) is 0 Å². The third kappa shape index (κ3) is 10.3. The third-order valence-electron chi connectivity index (χ3n) is 2.08. The molecule has 0 saturated heterocycles. The Balaban J connectivity index is 3.25. The molecular formula is C10H26N4O2. The van der Waals surface area contributed by atoms with Gasteiger partial charge in [0, 0.05) is 39.3 Å². The van der Waals surface area contributed by atoms with Crippen molar-refractivity contribution in [2.24, 2.45) is 17.2 Å². The SMILES string of the molecule is NCCOCCOCCN(CCN)CCN. The monoisotopic (exact) mass is 234 g/mol. The Morgan fingerprint density at radius 1 is 0.625 bits per heavy atom. The highest BCUT2D eigenvalue weighted by molar-refractivity contribution is 4.58. The van der Waals surface area contributed by atoms with Crippen LogP contribution in [-0.2, 0) is 9.47 Å². The minimum atomic E-state index is 0.556. The Labute approximate surface area is 98.0 Å². The highest BCUT2D eigenvalue weighted by atomic mass is 16.5. The largest absolute Gasteiger partial charge is 0.378 e. The lowest BCUT2D eigenvalue weighted by Gasteiger charge is -2.20. The summed E-state index contributed by atoms with van der Waals surface area (Å²) in [6.07, 6.45) is 0. The Bertz CT molecular complexity index is 132. The first-order chi connectivity index (χ1) is 7.85. The van der Waals surface area contributed by atoms with E-state index in [0.29, 0.717) is 46.1 Å². The van der Waals surface area contributed by atoms with E-state index in [1.54, 1.807) is 0 Å². The third-order valence-corrected chi connectivity index (χ3v) is 2.08. The van der Waals surface area contributed by atoms with Gasteiger partial charge in [0.15, 0.2) is 0 Å². The molecule has 0 aliphatic rings. The van der Waals surface area contributed by atoms with Crippen molar-refractivity contribution in [3.63, 3.8) is 0 Å². The fourth-order valence-electron chi connectivity index (χ4n) is 1.30. The Hall–Kier alpha value is -0.240. The van der Waals surface area contributed by atoms with Gasteiger partial charge in [-0.1, -0.05) is 0 Å². The average Bonchev–Trinajstić information content (AvgIpc) is 2.28. The molecule has 0 spiro atoms. The van der Waals surface area contributed by atoms with Crippen LogP contribution in [0.3, 0.4) is 0 Å². The second-order valence-corrected chi connectivity index (χ2v) is 3.43. The van der Waals surface area contributed by atoms with Crippen molar-refractivity contribution in [1.29, 1.82) is 0 Å². The number of ether oxygens (including phenoxy) is 2. The van der Waals surface area contributed by atoms with Gasteiger partial charge in [-0.15, -0.1) is 0 Å². The molecule has 16 heavy (non-hydrogen) atoms. The predicted molar refractivity (Wildman–Crippen MR) is 65.2 cm³/mol. The van der Waals surface area contributed by atoms with Crippen molar-refractivity contribution in [2.75, 3.05) is 65.7 Å². The van der Waals surface area contributed by atoms with Crippen LogP contribution in [0.2, 0.25) is 0 Å². The van der Waals surface area contributed by atoms with Crippen LogP contribution < -0.4 is 17.2 Å². The van der Waals surface area contributed by atoms with Crippen molar-refractivity contribution >= 4 is 0 Å². The van der Waals surface area contributed by atoms with Gasteiger partial charge in [-0.25, -0.2) is 0 Å². The van der Waals surface area contributed by atoms with Crippen molar-refractivity contribution in [1.82, 2.24) is 4.90 Å². The summed E-state index contributed by atoms with van der Waals surface area (Å²) in [5, 5.41) is 0. The van der Waals surface area contributed by atoms with E-state index in [9.17, 15) is 0 Å². The lowest BCUT2D eigenvalue weighted by molar-refractivity contribution is 0.0416. The number of hydrogen-bond donors (Lipinski definition) is 3. The summed E-state index contributed by atoms with van der Waals surface area (Å²) >= 11 is 0. The maximum Gasteiger partial charge on any atom is 0.0701 e. The number of nitrogens with two attached hydrogens (primary N) is 3. The van der Waals surface area contributed by atoms with Gasteiger partial charge in [-0.05, 0) is 0 Å². The summed E-state index contributed by atoms with van der Waals surface area (Å²) in [6, 6.07) is 0. The van der Waals surface area contributed by atoms with Crippen molar-refractivity contribution in [2.45, 2.75) is 0 Å². The molecule has 0 aliphatic carbocycles. The molecule has 0 aromatic heterocycles. The van der Waals surface area contributed by atoms with Crippen molar-refractivity contribution in [3.05, 3.63) is 0 Å². The van der Waals surface area contributed by atoms with Gasteiger partial charge in [-0.2, -0.15) is 0 Å². The molecule has 0 saturated carbocycles. The smallest absolute Gasteiger partial charge is 0.0701 e. The van der Waals surface area contributed by atoms with Crippen LogP contribution in [0, 0.1) is 0 Å². The van der Waals surface area contributed by atoms with Crippen molar-refractivity contribution in [3.8, 4) is 0 Å². The van der Waals surface area contributed by atoms with Crippen LogP contribution in [-0.4, -0.2) is 70.6 Å². The molecular weight excluding hydrogens is 208 g/mol. The molecule has 0 aliphatic heterocycles. The lowest BCUT2D eigenvalue weighted by Crippen LogP contribution is -2.36. The van der Waals surface area contributed by atoms with E-state index < -0.39 is 0 Å². The minimum Gasteiger partial charge on any atom is -0.378 e. The second kappa shape index (κ2) is 12.8. The number of hydrogen-bond acceptors (Lipinski definition) is 6. The molecule has 0 aromatic rings. The summed E-state index contributed by atoms with van der Waals surface area (Å²) in [5.74, 6) is 0. The molecule has 98 valence electrons. The molecule has 0 radical (unpaired) electrons. The first-order valence-corrected chi connectivity index (χ1v) is 5.83. The molecule has 6 nitrogen and oxygen atoms in total. The molecule has 0 bridgehead atoms. The zero-order valence-corrected chi connectivity index (χ0v) is 10.1. The van der Waals surface area contributed by atoms with Crippen LogP contribution in [0.4, 0.5) is 0 Å². The van der Waals surface area contributed by atoms with Gasteiger partial charge in [0.2, 0.25) is 0 Å². The molecule has 0 rings (SSSR count). The van der Waals surface area contributed by atoms with E-state index >= 15 is 0 Å². The highest BCUT2D eigenvalue weighted by Crippen LogP contribution is 1.87. The van der Waals surface area contributed by atoms with Gasteiger partial charge < -0.3 is 26.7 Å². The molecule has 6 N–H and O–H groups in total. The van der Waals surface area contributed by atoms with Gasteiger partial charge in [-0.3, -0.25) is 4.90 Å². The molecule has 0 atom stereocenters. The van der Waals surface area contributed by atoms with E-state index in [-0.39, 0.29) is 0 Å². The van der Waals surface area contributed by atoms with Gasteiger partial charge in [0.1, 0.15) is 0 Å². The standard InChI is InChI=1S/C10H26N4O2/c11-1-4-14(5-2-12)6-8-16-10-9-15-7-3-13/h1-13H2. The Morgan fingerprint density at radius 3 is 1.69 bits per heavy atom. The van der Waals surface area contributed by atoms with Gasteiger partial charge in [0.05, 0.1) is 26.4 Å². The molecule has 0 fully saturated rings. The summed E-state index contributed by atoms with van der Waals surface area (Å²) in [5.41, 5.74) is 16.3. The average molecular weight is 234 g/mol. The molecule has 0 unspecified atom stereocenters. The number of nitrogens with zero attached hydrogens (tertiary/aromatic N) is 1. The topological polar surface area (TPSA) is 99.8 Å². The summed E-state index contributed by atoms with van der Waals surface area (Å²) in [7, 11) is 0.